The Morgan fingerprint density at radius 3 is 2.04 bits per heavy atom. The molecule has 3 rings (SSSR count). The van der Waals surface area contributed by atoms with Crippen LogP contribution in [0.25, 0.3) is 11.1 Å². The molecule has 1 fully saturated rings. The number of hydrogen-bond donors (Lipinski definition) is 3. The van der Waals surface area contributed by atoms with Crippen molar-refractivity contribution in [3.63, 3.8) is 0 Å². The highest BCUT2D eigenvalue weighted by atomic mass is 35.5. The SMILES string of the molecule is CC(C)(C)N[C@H]1C[C@@H](C(O)c2ccc(-c3ccc(Cl)cc3)cc2)C[C@@H]1O. The fourth-order valence-corrected chi connectivity index (χ4v) is 3.94. The van der Waals surface area contributed by atoms with Crippen molar-refractivity contribution in [2.24, 2.45) is 5.92 Å². The van der Waals surface area contributed by atoms with E-state index in [1.165, 1.54) is 0 Å². The van der Waals surface area contributed by atoms with Crippen LogP contribution >= 0.6 is 11.6 Å². The minimum absolute atomic E-state index is 0.0305. The maximum atomic E-state index is 10.8. The van der Waals surface area contributed by atoms with Gasteiger partial charge in [-0.3, -0.25) is 0 Å². The summed E-state index contributed by atoms with van der Waals surface area (Å²) >= 11 is 5.94. The third-order valence-corrected chi connectivity index (χ3v) is 5.31. The van der Waals surface area contributed by atoms with Gasteiger partial charge in [-0.15, -0.1) is 0 Å². The Bertz CT molecular complexity index is 721. The second-order valence-electron chi connectivity index (χ2n) is 8.37. The molecule has 0 spiro atoms. The molecule has 1 aliphatic rings. The van der Waals surface area contributed by atoms with Gasteiger partial charge in [0.1, 0.15) is 0 Å². The van der Waals surface area contributed by atoms with Crippen LogP contribution in [0.15, 0.2) is 48.5 Å². The number of nitrogens with one attached hydrogen (secondary N) is 1. The van der Waals surface area contributed by atoms with Crippen LogP contribution in [0.3, 0.4) is 0 Å². The van der Waals surface area contributed by atoms with Crippen LogP contribution in [0.2, 0.25) is 5.02 Å². The molecule has 2 aromatic carbocycles. The smallest absolute Gasteiger partial charge is 0.0819 e. The van der Waals surface area contributed by atoms with Crippen molar-refractivity contribution in [3.05, 3.63) is 59.1 Å². The molecule has 0 radical (unpaired) electrons. The minimum atomic E-state index is -0.560. The Hall–Kier alpha value is -1.39. The van der Waals surface area contributed by atoms with Crippen molar-refractivity contribution in [1.29, 1.82) is 0 Å². The number of halogens is 1. The summed E-state index contributed by atoms with van der Waals surface area (Å²) in [6.07, 6.45) is 0.421. The molecule has 3 N–H and O–H groups in total. The summed E-state index contributed by atoms with van der Waals surface area (Å²) in [5.41, 5.74) is 3.04. The van der Waals surface area contributed by atoms with Crippen molar-refractivity contribution in [2.75, 3.05) is 0 Å². The van der Waals surface area contributed by atoms with Crippen molar-refractivity contribution in [1.82, 2.24) is 5.32 Å². The molecule has 1 unspecified atom stereocenters. The molecule has 4 atom stereocenters. The fraction of sp³-hybridized carbons (Fsp3) is 0.455. The molecule has 0 heterocycles. The maximum Gasteiger partial charge on any atom is 0.0819 e. The van der Waals surface area contributed by atoms with E-state index in [9.17, 15) is 10.2 Å². The summed E-state index contributed by atoms with van der Waals surface area (Å²) in [7, 11) is 0. The largest absolute Gasteiger partial charge is 0.391 e. The number of hydrogen-bond acceptors (Lipinski definition) is 3. The molecule has 1 saturated carbocycles. The van der Waals surface area contributed by atoms with Crippen LogP contribution < -0.4 is 5.32 Å². The van der Waals surface area contributed by atoms with Gasteiger partial charge in [0, 0.05) is 16.6 Å². The standard InChI is InChI=1S/C22H28ClNO2/c1-22(2,3)24-19-12-17(13-20(19)25)21(26)16-6-4-14(5-7-16)15-8-10-18(23)11-9-15/h4-11,17,19-21,24-26H,12-13H2,1-3H3/t17-,19+,20+,21?/m1/s1. The van der Waals surface area contributed by atoms with E-state index in [1.807, 2.05) is 48.5 Å². The first-order valence-corrected chi connectivity index (χ1v) is 9.60. The predicted molar refractivity (Wildman–Crippen MR) is 107 cm³/mol. The van der Waals surface area contributed by atoms with Crippen LogP contribution in [0.5, 0.6) is 0 Å². The van der Waals surface area contributed by atoms with E-state index in [4.69, 9.17) is 11.6 Å². The summed E-state index contributed by atoms with van der Waals surface area (Å²) < 4.78 is 0. The number of rotatable bonds is 4. The summed E-state index contributed by atoms with van der Waals surface area (Å²) in [5, 5.41) is 25.3. The molecule has 0 aromatic heterocycles. The molecule has 1 aliphatic carbocycles. The molecule has 2 aromatic rings. The highest BCUT2D eigenvalue weighted by Gasteiger charge is 2.38. The van der Waals surface area contributed by atoms with Gasteiger partial charge in [0.25, 0.3) is 0 Å². The fourth-order valence-electron chi connectivity index (χ4n) is 3.81. The lowest BCUT2D eigenvalue weighted by molar-refractivity contribution is 0.0958. The van der Waals surface area contributed by atoms with E-state index in [2.05, 4.69) is 26.1 Å². The van der Waals surface area contributed by atoms with Crippen LogP contribution in [0.4, 0.5) is 0 Å². The van der Waals surface area contributed by atoms with Gasteiger partial charge in [-0.05, 0) is 68.4 Å². The van der Waals surface area contributed by atoms with Crippen LogP contribution in [0.1, 0.15) is 45.3 Å². The number of aliphatic hydroxyl groups excluding tert-OH is 2. The van der Waals surface area contributed by atoms with Gasteiger partial charge >= 0.3 is 0 Å². The van der Waals surface area contributed by atoms with Crippen molar-refractivity contribution >= 4 is 11.6 Å². The summed E-state index contributed by atoms with van der Waals surface area (Å²) in [6, 6.07) is 15.8. The molecule has 0 amide bonds. The topological polar surface area (TPSA) is 52.5 Å². The van der Waals surface area contributed by atoms with Gasteiger partial charge < -0.3 is 15.5 Å². The van der Waals surface area contributed by atoms with E-state index < -0.39 is 12.2 Å². The molecule has 26 heavy (non-hydrogen) atoms. The Morgan fingerprint density at radius 1 is 0.962 bits per heavy atom. The molecular weight excluding hydrogens is 346 g/mol. The van der Waals surface area contributed by atoms with E-state index in [0.717, 1.165) is 28.1 Å². The molecule has 0 bridgehead atoms. The lowest BCUT2D eigenvalue weighted by atomic mass is 9.92. The quantitative estimate of drug-likeness (QED) is 0.735. The highest BCUT2D eigenvalue weighted by molar-refractivity contribution is 6.30. The van der Waals surface area contributed by atoms with Gasteiger partial charge in [0.15, 0.2) is 0 Å². The minimum Gasteiger partial charge on any atom is -0.391 e. The van der Waals surface area contributed by atoms with E-state index in [-0.39, 0.29) is 17.5 Å². The molecule has 140 valence electrons. The first-order valence-electron chi connectivity index (χ1n) is 9.23. The Kier molecular flexibility index (Phi) is 5.73. The first-order chi connectivity index (χ1) is 12.2. The van der Waals surface area contributed by atoms with Gasteiger partial charge in [-0.2, -0.15) is 0 Å². The zero-order chi connectivity index (χ0) is 18.9. The van der Waals surface area contributed by atoms with Gasteiger partial charge in [0.05, 0.1) is 12.2 Å². The van der Waals surface area contributed by atoms with E-state index >= 15 is 0 Å². The van der Waals surface area contributed by atoms with Crippen molar-refractivity contribution in [3.8, 4) is 11.1 Å². The highest BCUT2D eigenvalue weighted by Crippen LogP contribution is 2.37. The average Bonchev–Trinajstić information content (AvgIpc) is 2.94. The van der Waals surface area contributed by atoms with E-state index in [1.54, 1.807) is 0 Å². The van der Waals surface area contributed by atoms with Crippen molar-refractivity contribution < 1.29 is 10.2 Å². The second kappa shape index (κ2) is 7.69. The molecule has 0 aliphatic heterocycles. The first kappa shape index (κ1) is 19.4. The molecular formula is C22H28ClNO2. The van der Waals surface area contributed by atoms with Gasteiger partial charge in [-0.1, -0.05) is 48.0 Å². The van der Waals surface area contributed by atoms with Gasteiger partial charge in [-0.25, -0.2) is 0 Å². The molecule has 3 nitrogen and oxygen atoms in total. The van der Waals surface area contributed by atoms with Crippen LogP contribution in [-0.2, 0) is 0 Å². The Balaban J connectivity index is 1.68. The normalized spacial score (nSPS) is 24.6. The monoisotopic (exact) mass is 373 g/mol. The second-order valence-corrected chi connectivity index (χ2v) is 8.81. The third-order valence-electron chi connectivity index (χ3n) is 5.06. The van der Waals surface area contributed by atoms with Crippen LogP contribution in [0, 0.1) is 5.92 Å². The lowest BCUT2D eigenvalue weighted by Crippen LogP contribution is -2.47. The van der Waals surface area contributed by atoms with Gasteiger partial charge in [0.2, 0.25) is 0 Å². The molecule has 0 saturated heterocycles. The predicted octanol–water partition coefficient (Wildman–Crippen LogP) is 4.57. The van der Waals surface area contributed by atoms with E-state index in [0.29, 0.717) is 6.42 Å². The van der Waals surface area contributed by atoms with Crippen LogP contribution in [-0.4, -0.2) is 27.9 Å². The maximum absolute atomic E-state index is 10.8. The summed E-state index contributed by atoms with van der Waals surface area (Å²) in [5.74, 6) is 0.0613. The summed E-state index contributed by atoms with van der Waals surface area (Å²) in [6.45, 7) is 6.29. The third kappa shape index (κ3) is 4.66. The number of benzene rings is 2. The zero-order valence-electron chi connectivity index (χ0n) is 15.6. The Morgan fingerprint density at radius 2 is 1.50 bits per heavy atom. The zero-order valence-corrected chi connectivity index (χ0v) is 16.4. The lowest BCUT2D eigenvalue weighted by Gasteiger charge is -2.28. The molecule has 4 heteroatoms. The average molecular weight is 374 g/mol. The van der Waals surface area contributed by atoms with Crippen molar-refractivity contribution in [2.45, 2.75) is 57.4 Å². The summed E-state index contributed by atoms with van der Waals surface area (Å²) in [4.78, 5) is 0. The number of aliphatic hydroxyl groups is 2. The Labute approximate surface area is 161 Å².